The monoisotopic (exact) mass is 375 g/mol. The number of ether oxygens (including phenoxy) is 1. The van der Waals surface area contributed by atoms with Crippen molar-refractivity contribution in [1.82, 2.24) is 9.80 Å². The Balaban J connectivity index is 1.53. The Morgan fingerprint density at radius 3 is 2.44 bits per heavy atom. The van der Waals surface area contributed by atoms with Gasteiger partial charge in [-0.2, -0.15) is 0 Å². The molecule has 148 valence electrons. The van der Waals surface area contributed by atoms with Crippen LogP contribution in [-0.4, -0.2) is 53.9 Å². The van der Waals surface area contributed by atoms with Crippen LogP contribution in [0.3, 0.4) is 0 Å². The first-order valence-electron chi connectivity index (χ1n) is 9.80. The summed E-state index contributed by atoms with van der Waals surface area (Å²) < 4.78 is 5.06. The molecule has 1 aromatic rings. The second-order valence-electron chi connectivity index (χ2n) is 7.82. The summed E-state index contributed by atoms with van der Waals surface area (Å²) in [5.74, 6) is 1.45. The quantitative estimate of drug-likeness (QED) is 0.584. The van der Waals surface area contributed by atoms with Gasteiger partial charge in [0.25, 0.3) is 0 Å². The van der Waals surface area contributed by atoms with E-state index in [0.717, 1.165) is 63.3 Å². The molecule has 0 N–H and O–H groups in total. The molecule has 3 rings (SSSR count). The molecule has 0 bridgehead atoms. The van der Waals surface area contributed by atoms with Gasteiger partial charge >= 0.3 is 5.69 Å². The van der Waals surface area contributed by atoms with Crippen molar-refractivity contribution in [1.29, 1.82) is 0 Å². The zero-order valence-electron chi connectivity index (χ0n) is 16.2. The Morgan fingerprint density at radius 1 is 1.19 bits per heavy atom. The zero-order chi connectivity index (χ0) is 19.4. The lowest BCUT2D eigenvalue weighted by Gasteiger charge is -2.36. The summed E-state index contributed by atoms with van der Waals surface area (Å²) in [6, 6.07) is 5.12. The second-order valence-corrected chi connectivity index (χ2v) is 7.82. The van der Waals surface area contributed by atoms with Gasteiger partial charge in [0.1, 0.15) is 0 Å². The number of benzene rings is 1. The Morgan fingerprint density at radius 2 is 1.85 bits per heavy atom. The molecule has 0 aromatic heterocycles. The minimum absolute atomic E-state index is 0.000564. The van der Waals surface area contributed by atoms with Gasteiger partial charge in [-0.25, -0.2) is 0 Å². The molecule has 1 amide bonds. The lowest BCUT2D eigenvalue weighted by molar-refractivity contribution is -0.385. The second kappa shape index (κ2) is 8.69. The number of amides is 1. The van der Waals surface area contributed by atoms with Gasteiger partial charge in [-0.1, -0.05) is 13.0 Å². The van der Waals surface area contributed by atoms with Crippen molar-refractivity contribution in [3.63, 3.8) is 0 Å². The summed E-state index contributed by atoms with van der Waals surface area (Å²) in [6.45, 7) is 6.41. The van der Waals surface area contributed by atoms with Gasteiger partial charge in [0.2, 0.25) is 5.91 Å². The normalized spacial score (nSPS) is 19.9. The number of carbonyl (C=O) groups excluding carboxylic acids is 1. The van der Waals surface area contributed by atoms with Crippen molar-refractivity contribution in [2.75, 3.05) is 33.3 Å². The van der Waals surface area contributed by atoms with Gasteiger partial charge in [0, 0.05) is 31.6 Å². The van der Waals surface area contributed by atoms with Crippen LogP contribution >= 0.6 is 0 Å². The molecule has 2 heterocycles. The summed E-state index contributed by atoms with van der Waals surface area (Å²) in [5, 5.41) is 11.2. The topological polar surface area (TPSA) is 75.9 Å². The molecule has 0 aliphatic carbocycles. The van der Waals surface area contributed by atoms with E-state index < -0.39 is 4.92 Å². The van der Waals surface area contributed by atoms with Crippen LogP contribution in [-0.2, 0) is 11.3 Å². The molecule has 2 aliphatic rings. The number of hydrogen-bond acceptors (Lipinski definition) is 5. The highest BCUT2D eigenvalue weighted by atomic mass is 16.6. The van der Waals surface area contributed by atoms with E-state index in [1.807, 2.05) is 11.0 Å². The number of piperidine rings is 2. The molecule has 2 aliphatic heterocycles. The first kappa shape index (κ1) is 19.6. The van der Waals surface area contributed by atoms with Crippen LogP contribution in [0, 0.1) is 22.0 Å². The smallest absolute Gasteiger partial charge is 0.311 e. The first-order chi connectivity index (χ1) is 13.0. The maximum atomic E-state index is 12.7. The van der Waals surface area contributed by atoms with Crippen molar-refractivity contribution in [3.05, 3.63) is 33.9 Å². The largest absolute Gasteiger partial charge is 0.490 e. The summed E-state index contributed by atoms with van der Waals surface area (Å²) in [4.78, 5) is 27.8. The van der Waals surface area contributed by atoms with Crippen molar-refractivity contribution in [2.24, 2.45) is 11.8 Å². The van der Waals surface area contributed by atoms with Crippen LogP contribution < -0.4 is 4.74 Å². The molecular formula is C20H29N3O4. The van der Waals surface area contributed by atoms with Crippen molar-refractivity contribution < 1.29 is 14.5 Å². The lowest BCUT2D eigenvalue weighted by Crippen LogP contribution is -2.45. The van der Waals surface area contributed by atoms with E-state index in [9.17, 15) is 14.9 Å². The molecule has 0 radical (unpaired) electrons. The van der Waals surface area contributed by atoms with E-state index in [1.165, 1.54) is 7.11 Å². The fraction of sp³-hybridized carbons (Fsp3) is 0.650. The molecule has 0 spiro atoms. The molecule has 0 saturated carbocycles. The Labute approximate surface area is 160 Å². The number of rotatable bonds is 5. The standard InChI is InChI=1S/C20H29N3O4/c1-15-5-11-22(12-6-15)20(24)17-7-9-21(10-8-17)14-16-3-4-19(27-2)18(13-16)23(25)26/h3-4,13,15,17H,5-12,14H2,1-2H3. The molecular weight excluding hydrogens is 346 g/mol. The number of methoxy groups -OCH3 is 1. The summed E-state index contributed by atoms with van der Waals surface area (Å²) in [7, 11) is 1.44. The minimum atomic E-state index is -0.410. The average molecular weight is 375 g/mol. The number of carbonyl (C=O) groups is 1. The summed E-state index contributed by atoms with van der Waals surface area (Å²) in [5.41, 5.74) is 0.900. The Bertz CT molecular complexity index is 678. The SMILES string of the molecule is COc1ccc(CN2CCC(C(=O)N3CCC(C)CC3)CC2)cc1[N+](=O)[O-]. The highest BCUT2D eigenvalue weighted by Crippen LogP contribution is 2.29. The van der Waals surface area contributed by atoms with Crippen LogP contribution in [0.15, 0.2) is 18.2 Å². The fourth-order valence-corrected chi connectivity index (χ4v) is 4.06. The van der Waals surface area contributed by atoms with Gasteiger partial charge in [0.05, 0.1) is 12.0 Å². The Kier molecular flexibility index (Phi) is 6.31. The highest BCUT2D eigenvalue weighted by Gasteiger charge is 2.30. The van der Waals surface area contributed by atoms with Gasteiger partial charge in [-0.15, -0.1) is 0 Å². The van der Waals surface area contributed by atoms with Crippen LogP contribution in [0.2, 0.25) is 0 Å². The maximum Gasteiger partial charge on any atom is 0.311 e. The molecule has 7 nitrogen and oxygen atoms in total. The van der Waals surface area contributed by atoms with E-state index in [0.29, 0.717) is 12.5 Å². The lowest BCUT2D eigenvalue weighted by atomic mass is 9.92. The molecule has 1 aromatic carbocycles. The predicted octanol–water partition coefficient (Wildman–Crippen LogP) is 3.07. The summed E-state index contributed by atoms with van der Waals surface area (Å²) in [6.07, 6.45) is 3.95. The van der Waals surface area contributed by atoms with E-state index in [1.54, 1.807) is 12.1 Å². The third-order valence-electron chi connectivity index (χ3n) is 5.88. The highest BCUT2D eigenvalue weighted by molar-refractivity contribution is 5.79. The van der Waals surface area contributed by atoms with Gasteiger partial charge in [-0.3, -0.25) is 19.8 Å². The molecule has 7 heteroatoms. The van der Waals surface area contributed by atoms with Gasteiger partial charge in [0.15, 0.2) is 5.75 Å². The average Bonchev–Trinajstić information content (AvgIpc) is 2.68. The molecule has 0 unspecified atom stereocenters. The first-order valence-corrected chi connectivity index (χ1v) is 9.80. The third-order valence-corrected chi connectivity index (χ3v) is 5.88. The predicted molar refractivity (Wildman–Crippen MR) is 103 cm³/mol. The van der Waals surface area contributed by atoms with E-state index in [-0.39, 0.29) is 17.4 Å². The maximum absolute atomic E-state index is 12.7. The number of hydrogen-bond donors (Lipinski definition) is 0. The van der Waals surface area contributed by atoms with Crippen LogP contribution in [0.25, 0.3) is 0 Å². The molecule has 27 heavy (non-hydrogen) atoms. The number of likely N-dealkylation sites (tertiary alicyclic amines) is 2. The van der Waals surface area contributed by atoms with E-state index in [2.05, 4.69) is 11.8 Å². The third kappa shape index (κ3) is 4.77. The summed E-state index contributed by atoms with van der Waals surface area (Å²) >= 11 is 0. The van der Waals surface area contributed by atoms with E-state index in [4.69, 9.17) is 4.74 Å². The zero-order valence-corrected chi connectivity index (χ0v) is 16.2. The van der Waals surface area contributed by atoms with Gasteiger partial charge < -0.3 is 9.64 Å². The van der Waals surface area contributed by atoms with Crippen LogP contribution in [0.1, 0.15) is 38.2 Å². The molecule has 2 fully saturated rings. The van der Waals surface area contributed by atoms with Crippen molar-refractivity contribution >= 4 is 11.6 Å². The number of nitro groups is 1. The number of nitro benzene ring substituents is 1. The minimum Gasteiger partial charge on any atom is -0.490 e. The molecule has 0 atom stereocenters. The number of nitrogens with zero attached hydrogens (tertiary/aromatic N) is 3. The van der Waals surface area contributed by atoms with E-state index >= 15 is 0 Å². The van der Waals surface area contributed by atoms with Crippen LogP contribution in [0.5, 0.6) is 5.75 Å². The van der Waals surface area contributed by atoms with Crippen molar-refractivity contribution in [2.45, 2.75) is 39.2 Å². The molecule has 2 saturated heterocycles. The van der Waals surface area contributed by atoms with Crippen LogP contribution in [0.4, 0.5) is 5.69 Å². The Hall–Kier alpha value is -2.15. The fourth-order valence-electron chi connectivity index (χ4n) is 4.06. The van der Waals surface area contributed by atoms with Crippen molar-refractivity contribution in [3.8, 4) is 5.75 Å². The van der Waals surface area contributed by atoms with Gasteiger partial charge in [-0.05, 0) is 56.3 Å².